The molecule has 1 nitrogen and oxygen atoms in total. The Morgan fingerprint density at radius 2 is 1.87 bits per heavy atom. The highest BCUT2D eigenvalue weighted by Gasteiger charge is 2.23. The Hall–Kier alpha value is -1.45. The Bertz CT molecular complexity index is 557. The lowest BCUT2D eigenvalue weighted by molar-refractivity contribution is 0.505. The number of aromatic amines is 1. The number of hydrogen-bond donors (Lipinski definition) is 1. The molecule has 0 saturated carbocycles. The van der Waals surface area contributed by atoms with Crippen molar-refractivity contribution >= 4 is 10.9 Å². The van der Waals surface area contributed by atoms with Crippen LogP contribution in [-0.2, 0) is 12.8 Å². The molecule has 1 heterocycles. The van der Waals surface area contributed by atoms with E-state index in [0.29, 0.717) is 12.5 Å². The summed E-state index contributed by atoms with van der Waals surface area (Å²) in [6.07, 6.45) is 2.38. The first-order valence-electron chi connectivity index (χ1n) is 4.85. The summed E-state index contributed by atoms with van der Waals surface area (Å²) >= 11 is 0. The minimum Gasteiger partial charge on any atom is -0.356 e. The van der Waals surface area contributed by atoms with Crippen molar-refractivity contribution in [2.45, 2.75) is 19.3 Å². The van der Waals surface area contributed by atoms with E-state index in [4.69, 9.17) is 0 Å². The van der Waals surface area contributed by atoms with Gasteiger partial charge in [-0.15, -0.1) is 0 Å². The normalized spacial score (nSPS) is 14.9. The van der Waals surface area contributed by atoms with E-state index in [1.807, 2.05) is 0 Å². The van der Waals surface area contributed by atoms with Gasteiger partial charge in [-0.3, -0.25) is 0 Å². The Morgan fingerprint density at radius 3 is 2.67 bits per heavy atom. The summed E-state index contributed by atoms with van der Waals surface area (Å²) in [5.41, 5.74) is 1.67. The third-order valence-electron chi connectivity index (χ3n) is 2.97. The maximum absolute atomic E-state index is 13.5. The van der Waals surface area contributed by atoms with Crippen LogP contribution < -0.4 is 0 Å². The van der Waals surface area contributed by atoms with E-state index in [-0.39, 0.29) is 10.9 Å². The van der Waals surface area contributed by atoms with Crippen LogP contribution in [0.3, 0.4) is 0 Å². The standard InChI is InChI=1S/C11H8F3N/c12-6-4-7(13)11-9(10(6)14)5-2-1-3-8(5)15-11/h4,15H,1-3H2. The second kappa shape index (κ2) is 2.78. The van der Waals surface area contributed by atoms with Gasteiger partial charge in [0.1, 0.15) is 5.82 Å². The first kappa shape index (κ1) is 8.83. The number of nitrogens with one attached hydrogen (secondary N) is 1. The number of rotatable bonds is 0. The molecule has 1 aromatic heterocycles. The third kappa shape index (κ3) is 1.05. The average Bonchev–Trinajstić information content (AvgIpc) is 2.72. The van der Waals surface area contributed by atoms with E-state index in [1.165, 1.54) is 0 Å². The zero-order valence-electron chi connectivity index (χ0n) is 7.83. The minimum atomic E-state index is -1.12. The summed E-state index contributed by atoms with van der Waals surface area (Å²) in [4.78, 5) is 2.83. The minimum absolute atomic E-state index is 0.0959. The molecular formula is C11H8F3N. The van der Waals surface area contributed by atoms with Gasteiger partial charge < -0.3 is 4.98 Å². The molecule has 2 aromatic rings. The SMILES string of the molecule is Fc1cc(F)c2[nH]c3c(c2c1F)CCC3. The van der Waals surface area contributed by atoms with Crippen LogP contribution in [0.4, 0.5) is 13.2 Å². The maximum atomic E-state index is 13.5. The highest BCUT2D eigenvalue weighted by molar-refractivity contribution is 5.86. The van der Waals surface area contributed by atoms with Gasteiger partial charge in [-0.25, -0.2) is 13.2 Å². The van der Waals surface area contributed by atoms with Crippen LogP contribution in [0, 0.1) is 17.5 Å². The topological polar surface area (TPSA) is 15.8 Å². The Morgan fingerprint density at radius 1 is 1.07 bits per heavy atom. The average molecular weight is 211 g/mol. The third-order valence-corrected chi connectivity index (χ3v) is 2.97. The predicted molar refractivity (Wildman–Crippen MR) is 50.2 cm³/mol. The molecule has 0 aliphatic heterocycles. The lowest BCUT2D eigenvalue weighted by Crippen LogP contribution is -1.91. The van der Waals surface area contributed by atoms with Crippen LogP contribution in [0.5, 0.6) is 0 Å². The van der Waals surface area contributed by atoms with Crippen LogP contribution in [0.25, 0.3) is 10.9 Å². The van der Waals surface area contributed by atoms with Crippen molar-refractivity contribution in [2.24, 2.45) is 0 Å². The molecule has 0 atom stereocenters. The maximum Gasteiger partial charge on any atom is 0.168 e. The summed E-state index contributed by atoms with van der Waals surface area (Å²) in [7, 11) is 0. The van der Waals surface area contributed by atoms with Crippen LogP contribution in [0.15, 0.2) is 6.07 Å². The zero-order chi connectivity index (χ0) is 10.6. The molecule has 0 amide bonds. The van der Waals surface area contributed by atoms with Crippen LogP contribution in [-0.4, -0.2) is 4.98 Å². The molecular weight excluding hydrogens is 203 g/mol. The second-order valence-corrected chi connectivity index (χ2v) is 3.84. The lowest BCUT2D eigenvalue weighted by atomic mass is 10.1. The highest BCUT2D eigenvalue weighted by atomic mass is 19.2. The van der Waals surface area contributed by atoms with Crippen molar-refractivity contribution < 1.29 is 13.2 Å². The molecule has 78 valence electrons. The summed E-state index contributed by atoms with van der Waals surface area (Å²) in [5.74, 6) is -2.78. The Labute approximate surface area is 83.9 Å². The molecule has 0 spiro atoms. The largest absolute Gasteiger partial charge is 0.356 e. The van der Waals surface area contributed by atoms with Gasteiger partial charge in [-0.2, -0.15) is 0 Å². The number of aryl methyl sites for hydroxylation is 2. The summed E-state index contributed by atoms with van der Waals surface area (Å²) in [6.45, 7) is 0. The Kier molecular flexibility index (Phi) is 1.63. The van der Waals surface area contributed by atoms with Crippen molar-refractivity contribution in [1.82, 2.24) is 4.98 Å². The van der Waals surface area contributed by atoms with Crippen LogP contribution in [0.1, 0.15) is 17.7 Å². The number of H-pyrrole nitrogens is 1. The fraction of sp³-hybridized carbons (Fsp3) is 0.273. The quantitative estimate of drug-likeness (QED) is 0.644. The van der Waals surface area contributed by atoms with Crippen molar-refractivity contribution in [1.29, 1.82) is 0 Å². The van der Waals surface area contributed by atoms with Gasteiger partial charge >= 0.3 is 0 Å². The molecule has 0 bridgehead atoms. The number of hydrogen-bond acceptors (Lipinski definition) is 0. The molecule has 3 rings (SSSR count). The molecule has 1 aromatic carbocycles. The van der Waals surface area contributed by atoms with Crippen molar-refractivity contribution in [3.63, 3.8) is 0 Å². The van der Waals surface area contributed by atoms with Gasteiger partial charge in [0.2, 0.25) is 0 Å². The van der Waals surface area contributed by atoms with Gasteiger partial charge in [0, 0.05) is 17.1 Å². The zero-order valence-corrected chi connectivity index (χ0v) is 7.83. The number of halogens is 3. The molecule has 1 aliphatic rings. The fourth-order valence-corrected chi connectivity index (χ4v) is 2.31. The molecule has 1 aliphatic carbocycles. The van der Waals surface area contributed by atoms with E-state index >= 15 is 0 Å². The monoisotopic (exact) mass is 211 g/mol. The van der Waals surface area contributed by atoms with E-state index in [0.717, 1.165) is 24.1 Å². The van der Waals surface area contributed by atoms with Crippen molar-refractivity contribution in [2.75, 3.05) is 0 Å². The summed E-state index contributed by atoms with van der Waals surface area (Å²) in [5, 5.41) is 0.0972. The van der Waals surface area contributed by atoms with Gasteiger partial charge in [-0.05, 0) is 24.8 Å². The summed E-state index contributed by atoms with van der Waals surface area (Å²) < 4.78 is 39.9. The first-order valence-corrected chi connectivity index (χ1v) is 4.85. The van der Waals surface area contributed by atoms with E-state index in [2.05, 4.69) is 4.98 Å². The fourth-order valence-electron chi connectivity index (χ4n) is 2.31. The predicted octanol–water partition coefficient (Wildman–Crippen LogP) is 3.07. The van der Waals surface area contributed by atoms with E-state index in [9.17, 15) is 13.2 Å². The molecule has 0 saturated heterocycles. The van der Waals surface area contributed by atoms with Crippen LogP contribution >= 0.6 is 0 Å². The van der Waals surface area contributed by atoms with Gasteiger partial charge in [0.15, 0.2) is 11.6 Å². The second-order valence-electron chi connectivity index (χ2n) is 3.84. The molecule has 0 unspecified atom stereocenters. The first-order chi connectivity index (χ1) is 7.18. The number of fused-ring (bicyclic) bond motifs is 3. The van der Waals surface area contributed by atoms with Gasteiger partial charge in [0.05, 0.1) is 5.52 Å². The molecule has 0 fully saturated rings. The van der Waals surface area contributed by atoms with Crippen LogP contribution in [0.2, 0.25) is 0 Å². The van der Waals surface area contributed by atoms with Crippen molar-refractivity contribution in [3.05, 3.63) is 34.8 Å². The van der Waals surface area contributed by atoms with E-state index in [1.54, 1.807) is 0 Å². The smallest absolute Gasteiger partial charge is 0.168 e. The van der Waals surface area contributed by atoms with E-state index < -0.39 is 17.5 Å². The highest BCUT2D eigenvalue weighted by Crippen LogP contribution is 2.33. The van der Waals surface area contributed by atoms with Gasteiger partial charge in [0.25, 0.3) is 0 Å². The molecule has 0 radical (unpaired) electrons. The molecule has 4 heteroatoms. The molecule has 15 heavy (non-hydrogen) atoms. The van der Waals surface area contributed by atoms with Gasteiger partial charge in [-0.1, -0.05) is 0 Å². The summed E-state index contributed by atoms with van der Waals surface area (Å²) in [6, 6.07) is 0.587. The van der Waals surface area contributed by atoms with Crippen molar-refractivity contribution in [3.8, 4) is 0 Å². The number of aromatic nitrogens is 1. The Balaban J connectivity index is 2.49. The lowest BCUT2D eigenvalue weighted by Gasteiger charge is -1.99. The number of benzene rings is 1. The molecule has 1 N–H and O–H groups in total.